The number of fused-ring (bicyclic) bond motifs is 1. The number of likely N-dealkylation sites (tertiary alicyclic amines) is 1. The van der Waals surface area contributed by atoms with Gasteiger partial charge in [-0.15, -0.1) is 0 Å². The van der Waals surface area contributed by atoms with Crippen LogP contribution in [0.4, 0.5) is 5.69 Å². The number of phenolic OH excluding ortho intramolecular Hbond substituents is 1. The van der Waals surface area contributed by atoms with Crippen LogP contribution in [0.25, 0.3) is 10.8 Å². The van der Waals surface area contributed by atoms with Crippen LogP contribution in [0.3, 0.4) is 0 Å². The van der Waals surface area contributed by atoms with Crippen molar-refractivity contribution in [3.63, 3.8) is 0 Å². The Hall–Kier alpha value is -3.74. The SMILES string of the molecule is COc1ccc(NC(=O)[C@@H]2CCCN2C(=O)c2ccc3ccccc3c2O)cc1OC1CCCC1. The number of hydrogen-bond donors (Lipinski definition) is 2. The molecule has 3 aromatic rings. The number of methoxy groups -OCH3 is 1. The van der Waals surface area contributed by atoms with Crippen LogP contribution in [-0.4, -0.2) is 47.6 Å². The first-order valence-corrected chi connectivity index (χ1v) is 12.2. The van der Waals surface area contributed by atoms with Gasteiger partial charge < -0.3 is 24.8 Å². The predicted octanol–water partition coefficient (Wildman–Crippen LogP) is 5.12. The summed E-state index contributed by atoms with van der Waals surface area (Å²) in [6.07, 6.45) is 5.78. The van der Waals surface area contributed by atoms with E-state index in [1.54, 1.807) is 42.3 Å². The predicted molar refractivity (Wildman–Crippen MR) is 134 cm³/mol. The van der Waals surface area contributed by atoms with Gasteiger partial charge in [0.25, 0.3) is 5.91 Å². The molecule has 0 radical (unpaired) electrons. The van der Waals surface area contributed by atoms with E-state index in [0.717, 1.165) is 37.5 Å². The maximum Gasteiger partial charge on any atom is 0.258 e. The number of anilines is 1. The Morgan fingerprint density at radius 3 is 2.57 bits per heavy atom. The monoisotopic (exact) mass is 474 g/mol. The molecule has 3 aromatic carbocycles. The minimum absolute atomic E-state index is 0.0528. The number of carbonyl (C=O) groups excluding carboxylic acids is 2. The lowest BCUT2D eigenvalue weighted by Gasteiger charge is -2.25. The fourth-order valence-corrected chi connectivity index (χ4v) is 5.12. The Bertz CT molecular complexity index is 1250. The second kappa shape index (κ2) is 9.86. The van der Waals surface area contributed by atoms with Crippen LogP contribution in [-0.2, 0) is 4.79 Å². The maximum absolute atomic E-state index is 13.4. The molecule has 0 bridgehead atoms. The standard InChI is InChI=1S/C28H30N2O5/c1-34-24-15-13-19(17-25(24)35-20-8-3-4-9-20)29-27(32)23-11-6-16-30(23)28(33)22-14-12-18-7-2-5-10-21(18)26(22)31/h2,5,7,10,12-15,17,20,23,31H,3-4,6,8-9,11,16H2,1H3,(H,29,32)/t23-/m0/s1. The average Bonchev–Trinajstić information content (AvgIpc) is 3.57. The molecule has 182 valence electrons. The van der Waals surface area contributed by atoms with E-state index in [1.165, 1.54) is 0 Å². The Labute approximate surface area is 204 Å². The van der Waals surface area contributed by atoms with E-state index >= 15 is 0 Å². The number of carbonyl (C=O) groups is 2. The van der Waals surface area contributed by atoms with Gasteiger partial charge in [-0.3, -0.25) is 9.59 Å². The highest BCUT2D eigenvalue weighted by Crippen LogP contribution is 2.35. The summed E-state index contributed by atoms with van der Waals surface area (Å²) in [4.78, 5) is 28.1. The Morgan fingerprint density at radius 2 is 1.77 bits per heavy atom. The van der Waals surface area contributed by atoms with Crippen LogP contribution < -0.4 is 14.8 Å². The van der Waals surface area contributed by atoms with Gasteiger partial charge in [0, 0.05) is 23.7 Å². The van der Waals surface area contributed by atoms with Gasteiger partial charge in [-0.25, -0.2) is 0 Å². The van der Waals surface area contributed by atoms with Gasteiger partial charge in [0.1, 0.15) is 11.8 Å². The Morgan fingerprint density at radius 1 is 0.971 bits per heavy atom. The van der Waals surface area contributed by atoms with Crippen LogP contribution in [0.1, 0.15) is 48.9 Å². The van der Waals surface area contributed by atoms with Gasteiger partial charge in [0.05, 0.1) is 18.8 Å². The molecule has 2 N–H and O–H groups in total. The van der Waals surface area contributed by atoms with Crippen molar-refractivity contribution in [1.29, 1.82) is 0 Å². The second-order valence-electron chi connectivity index (χ2n) is 9.22. The number of ether oxygens (including phenoxy) is 2. The van der Waals surface area contributed by atoms with Crippen molar-refractivity contribution in [3.05, 3.63) is 60.2 Å². The number of phenols is 1. The molecule has 7 nitrogen and oxygen atoms in total. The quantitative estimate of drug-likeness (QED) is 0.518. The molecule has 35 heavy (non-hydrogen) atoms. The van der Waals surface area contributed by atoms with Crippen molar-refractivity contribution in [3.8, 4) is 17.2 Å². The van der Waals surface area contributed by atoms with Crippen molar-refractivity contribution >= 4 is 28.3 Å². The van der Waals surface area contributed by atoms with Crippen LogP contribution in [0.5, 0.6) is 17.2 Å². The van der Waals surface area contributed by atoms with Gasteiger partial charge in [0.15, 0.2) is 11.5 Å². The molecule has 1 heterocycles. The minimum atomic E-state index is -0.616. The molecule has 0 spiro atoms. The number of amides is 2. The fourth-order valence-electron chi connectivity index (χ4n) is 5.12. The van der Waals surface area contributed by atoms with Crippen molar-refractivity contribution in [1.82, 2.24) is 4.90 Å². The molecule has 7 heteroatoms. The highest BCUT2D eigenvalue weighted by atomic mass is 16.5. The maximum atomic E-state index is 13.4. The molecule has 1 saturated heterocycles. The summed E-state index contributed by atoms with van der Waals surface area (Å²) >= 11 is 0. The van der Waals surface area contributed by atoms with Crippen molar-refractivity contribution < 1.29 is 24.2 Å². The molecule has 5 rings (SSSR count). The third kappa shape index (κ3) is 4.63. The molecule has 1 atom stereocenters. The molecule has 1 saturated carbocycles. The smallest absolute Gasteiger partial charge is 0.258 e. The summed E-state index contributed by atoms with van der Waals surface area (Å²) in [5.74, 6) is 0.582. The second-order valence-corrected chi connectivity index (χ2v) is 9.22. The number of nitrogens with zero attached hydrogens (tertiary/aromatic N) is 1. The van der Waals surface area contributed by atoms with Crippen LogP contribution in [0, 0.1) is 0 Å². The van der Waals surface area contributed by atoms with Gasteiger partial charge in [-0.1, -0.05) is 30.3 Å². The summed E-state index contributed by atoms with van der Waals surface area (Å²) in [5, 5.41) is 15.2. The summed E-state index contributed by atoms with van der Waals surface area (Å²) in [7, 11) is 1.60. The van der Waals surface area contributed by atoms with Crippen LogP contribution in [0.2, 0.25) is 0 Å². The first kappa shape index (κ1) is 23.0. The lowest BCUT2D eigenvalue weighted by Crippen LogP contribution is -2.43. The first-order valence-electron chi connectivity index (χ1n) is 12.2. The molecule has 0 aromatic heterocycles. The van der Waals surface area contributed by atoms with E-state index in [4.69, 9.17) is 9.47 Å². The largest absolute Gasteiger partial charge is 0.506 e. The van der Waals surface area contributed by atoms with E-state index in [-0.39, 0.29) is 29.2 Å². The van der Waals surface area contributed by atoms with E-state index in [0.29, 0.717) is 35.5 Å². The van der Waals surface area contributed by atoms with Gasteiger partial charge in [-0.2, -0.15) is 0 Å². The van der Waals surface area contributed by atoms with Crippen molar-refractivity contribution in [2.45, 2.75) is 50.7 Å². The number of aromatic hydroxyl groups is 1. The topological polar surface area (TPSA) is 88.1 Å². The minimum Gasteiger partial charge on any atom is -0.506 e. The lowest BCUT2D eigenvalue weighted by molar-refractivity contribution is -0.119. The molecular weight excluding hydrogens is 444 g/mol. The number of hydrogen-bond acceptors (Lipinski definition) is 5. The summed E-state index contributed by atoms with van der Waals surface area (Å²) in [5.41, 5.74) is 0.803. The highest BCUT2D eigenvalue weighted by molar-refractivity contribution is 6.06. The molecule has 1 aliphatic heterocycles. The van der Waals surface area contributed by atoms with E-state index in [1.807, 2.05) is 24.3 Å². The first-order chi connectivity index (χ1) is 17.0. The molecule has 0 unspecified atom stereocenters. The van der Waals surface area contributed by atoms with Gasteiger partial charge >= 0.3 is 0 Å². The normalized spacial score (nSPS) is 18.1. The molecule has 2 aliphatic rings. The zero-order valence-electron chi connectivity index (χ0n) is 19.8. The Kier molecular flexibility index (Phi) is 6.49. The van der Waals surface area contributed by atoms with E-state index in [9.17, 15) is 14.7 Å². The number of benzene rings is 3. The zero-order chi connectivity index (χ0) is 24.4. The molecule has 2 amide bonds. The summed E-state index contributed by atoms with van der Waals surface area (Å²) in [6, 6.07) is 15.5. The van der Waals surface area contributed by atoms with Gasteiger partial charge in [-0.05, 0) is 62.1 Å². The van der Waals surface area contributed by atoms with Crippen LogP contribution >= 0.6 is 0 Å². The fraction of sp³-hybridized carbons (Fsp3) is 0.357. The molecule has 2 fully saturated rings. The summed E-state index contributed by atoms with van der Waals surface area (Å²) < 4.78 is 11.6. The Balaban J connectivity index is 1.33. The molecular formula is C28H30N2O5. The van der Waals surface area contributed by atoms with E-state index < -0.39 is 6.04 Å². The third-order valence-corrected chi connectivity index (χ3v) is 6.97. The third-order valence-electron chi connectivity index (χ3n) is 6.97. The van der Waals surface area contributed by atoms with E-state index in [2.05, 4.69) is 5.32 Å². The zero-order valence-corrected chi connectivity index (χ0v) is 19.8. The highest BCUT2D eigenvalue weighted by Gasteiger charge is 2.35. The van der Waals surface area contributed by atoms with Crippen molar-refractivity contribution in [2.75, 3.05) is 19.0 Å². The molecule has 1 aliphatic carbocycles. The van der Waals surface area contributed by atoms with Gasteiger partial charge in [0.2, 0.25) is 5.91 Å². The summed E-state index contributed by atoms with van der Waals surface area (Å²) in [6.45, 7) is 0.460. The average molecular weight is 475 g/mol. The lowest BCUT2D eigenvalue weighted by atomic mass is 10.0. The van der Waals surface area contributed by atoms with Crippen LogP contribution in [0.15, 0.2) is 54.6 Å². The number of nitrogens with one attached hydrogen (secondary N) is 1. The number of rotatable bonds is 6. The van der Waals surface area contributed by atoms with Crippen molar-refractivity contribution in [2.24, 2.45) is 0 Å².